The molecular formula is C13H12Br2N2O2S. The number of nitrogens with one attached hydrogen (secondary N) is 1. The second-order valence-electron chi connectivity index (χ2n) is 4.20. The molecule has 0 spiro atoms. The van der Waals surface area contributed by atoms with E-state index >= 15 is 0 Å². The molecule has 0 aliphatic carbocycles. The normalized spacial score (nSPS) is 11.6. The summed E-state index contributed by atoms with van der Waals surface area (Å²) in [5.41, 5.74) is 1.85. The number of aromatic nitrogens is 1. The summed E-state index contributed by atoms with van der Waals surface area (Å²) in [6.45, 7) is 2.13. The lowest BCUT2D eigenvalue weighted by atomic mass is 10.2. The molecule has 1 aromatic heterocycles. The lowest BCUT2D eigenvalue weighted by Gasteiger charge is -2.10. The van der Waals surface area contributed by atoms with Crippen LogP contribution in [-0.2, 0) is 16.6 Å². The maximum Gasteiger partial charge on any atom is 0.242 e. The minimum absolute atomic E-state index is 0.202. The number of hydrogen-bond donors (Lipinski definition) is 1. The zero-order valence-corrected chi connectivity index (χ0v) is 14.6. The van der Waals surface area contributed by atoms with E-state index in [4.69, 9.17) is 0 Å². The monoisotopic (exact) mass is 418 g/mol. The molecule has 1 heterocycles. The lowest BCUT2D eigenvalue weighted by molar-refractivity contribution is 0.580. The molecule has 0 atom stereocenters. The zero-order valence-electron chi connectivity index (χ0n) is 10.6. The van der Waals surface area contributed by atoms with E-state index < -0.39 is 10.0 Å². The topological polar surface area (TPSA) is 59.1 Å². The van der Waals surface area contributed by atoms with Crippen molar-refractivity contribution >= 4 is 41.9 Å². The second-order valence-corrected chi connectivity index (χ2v) is 7.71. The number of aryl methyl sites for hydroxylation is 1. The molecule has 1 aromatic carbocycles. The van der Waals surface area contributed by atoms with Gasteiger partial charge in [-0.3, -0.25) is 4.98 Å². The Hall–Kier alpha value is -0.760. The number of halogens is 2. The van der Waals surface area contributed by atoms with Gasteiger partial charge in [0.1, 0.15) is 0 Å². The fourth-order valence-electron chi connectivity index (χ4n) is 1.62. The number of pyridine rings is 1. The molecule has 0 fully saturated rings. The molecule has 0 bridgehead atoms. The molecule has 0 aliphatic heterocycles. The summed E-state index contributed by atoms with van der Waals surface area (Å²) in [7, 11) is -3.58. The van der Waals surface area contributed by atoms with Gasteiger partial charge < -0.3 is 0 Å². The van der Waals surface area contributed by atoms with Gasteiger partial charge in [0, 0.05) is 27.9 Å². The summed E-state index contributed by atoms with van der Waals surface area (Å²) in [5, 5.41) is 0. The first-order valence-corrected chi connectivity index (χ1v) is 8.81. The summed E-state index contributed by atoms with van der Waals surface area (Å²) < 4.78 is 28.4. The van der Waals surface area contributed by atoms with Crippen LogP contribution in [0.25, 0.3) is 0 Å². The van der Waals surface area contributed by atoms with Crippen LogP contribution < -0.4 is 4.72 Å². The predicted octanol–water partition coefficient (Wildman–Crippen LogP) is 3.39. The highest BCUT2D eigenvalue weighted by Crippen LogP contribution is 2.25. The van der Waals surface area contributed by atoms with Crippen LogP contribution >= 0.6 is 31.9 Å². The first-order chi connectivity index (χ1) is 9.40. The summed E-state index contributed by atoms with van der Waals surface area (Å²) in [4.78, 5) is 4.20. The van der Waals surface area contributed by atoms with Gasteiger partial charge in [-0.15, -0.1) is 0 Å². The average molecular weight is 420 g/mol. The highest BCUT2D eigenvalue weighted by atomic mass is 79.9. The number of nitrogens with zero attached hydrogens (tertiary/aromatic N) is 1. The number of rotatable bonds is 4. The number of sulfonamides is 1. The van der Waals surface area contributed by atoms with Crippen LogP contribution in [0.3, 0.4) is 0 Å². The third-order valence-corrected chi connectivity index (χ3v) is 5.67. The van der Waals surface area contributed by atoms with Crippen LogP contribution in [0.1, 0.15) is 11.1 Å². The number of benzene rings is 1. The molecule has 20 heavy (non-hydrogen) atoms. The molecule has 0 amide bonds. The standard InChI is InChI=1S/C13H12Br2N2O2S/c1-9-4-5-16-7-10(9)8-17-20(18,19)13-6-11(14)2-3-12(13)15/h2-7,17H,8H2,1H3. The van der Waals surface area contributed by atoms with Gasteiger partial charge in [0.15, 0.2) is 0 Å². The zero-order chi connectivity index (χ0) is 14.8. The Morgan fingerprint density at radius 2 is 2.00 bits per heavy atom. The van der Waals surface area contributed by atoms with E-state index in [9.17, 15) is 8.42 Å². The van der Waals surface area contributed by atoms with Gasteiger partial charge in [-0.25, -0.2) is 13.1 Å². The Kier molecular flexibility index (Phi) is 4.95. The Balaban J connectivity index is 2.24. The van der Waals surface area contributed by atoms with E-state index in [0.717, 1.165) is 11.1 Å². The Morgan fingerprint density at radius 3 is 2.70 bits per heavy atom. The molecule has 1 N–H and O–H groups in total. The first-order valence-electron chi connectivity index (χ1n) is 5.74. The molecule has 4 nitrogen and oxygen atoms in total. The van der Waals surface area contributed by atoms with Gasteiger partial charge in [-0.2, -0.15) is 0 Å². The minimum Gasteiger partial charge on any atom is -0.264 e. The van der Waals surface area contributed by atoms with E-state index in [0.29, 0.717) is 8.95 Å². The van der Waals surface area contributed by atoms with Gasteiger partial charge >= 0.3 is 0 Å². The Bertz CT molecular complexity index is 733. The largest absolute Gasteiger partial charge is 0.264 e. The molecule has 2 aromatic rings. The van der Waals surface area contributed by atoms with Crippen LogP contribution in [0.15, 0.2) is 50.5 Å². The van der Waals surface area contributed by atoms with Crippen molar-refractivity contribution in [3.05, 3.63) is 56.7 Å². The molecule has 0 radical (unpaired) electrons. The summed E-state index contributed by atoms with van der Waals surface area (Å²) in [6, 6.07) is 6.86. The second kappa shape index (κ2) is 6.34. The molecular weight excluding hydrogens is 408 g/mol. The minimum atomic E-state index is -3.58. The van der Waals surface area contributed by atoms with Crippen LogP contribution in [0.2, 0.25) is 0 Å². The van der Waals surface area contributed by atoms with E-state index in [2.05, 4.69) is 41.6 Å². The summed E-state index contributed by atoms with van der Waals surface area (Å²) in [6.07, 6.45) is 3.34. The van der Waals surface area contributed by atoms with Crippen LogP contribution in [0.5, 0.6) is 0 Å². The average Bonchev–Trinajstić information content (AvgIpc) is 2.40. The number of hydrogen-bond acceptors (Lipinski definition) is 3. The van der Waals surface area contributed by atoms with Gasteiger partial charge in [0.25, 0.3) is 0 Å². The molecule has 0 saturated heterocycles. The fraction of sp³-hybridized carbons (Fsp3) is 0.154. The van der Waals surface area contributed by atoms with Crippen molar-refractivity contribution < 1.29 is 8.42 Å². The van der Waals surface area contributed by atoms with Crippen molar-refractivity contribution in [2.45, 2.75) is 18.4 Å². The molecule has 0 saturated carbocycles. The van der Waals surface area contributed by atoms with Crippen molar-refractivity contribution in [2.24, 2.45) is 0 Å². The van der Waals surface area contributed by atoms with Gasteiger partial charge in [0.05, 0.1) is 4.90 Å². The Morgan fingerprint density at radius 1 is 1.25 bits per heavy atom. The van der Waals surface area contributed by atoms with Gasteiger partial charge in [-0.05, 0) is 58.2 Å². The maximum absolute atomic E-state index is 12.3. The van der Waals surface area contributed by atoms with Crippen LogP contribution in [0, 0.1) is 6.92 Å². The van der Waals surface area contributed by atoms with Gasteiger partial charge in [-0.1, -0.05) is 15.9 Å². The highest BCUT2D eigenvalue weighted by Gasteiger charge is 2.18. The van der Waals surface area contributed by atoms with Crippen molar-refractivity contribution in [3.8, 4) is 0 Å². The van der Waals surface area contributed by atoms with Crippen molar-refractivity contribution in [2.75, 3.05) is 0 Å². The van der Waals surface area contributed by atoms with Crippen LogP contribution in [-0.4, -0.2) is 13.4 Å². The van der Waals surface area contributed by atoms with Crippen LogP contribution in [0.4, 0.5) is 0 Å². The third kappa shape index (κ3) is 3.66. The summed E-state index contributed by atoms with van der Waals surface area (Å²) in [5.74, 6) is 0. The smallest absolute Gasteiger partial charge is 0.242 e. The predicted molar refractivity (Wildman–Crippen MR) is 84.8 cm³/mol. The first kappa shape index (κ1) is 15.6. The fourth-order valence-corrected chi connectivity index (χ4v) is 4.12. The van der Waals surface area contributed by atoms with Crippen molar-refractivity contribution in [1.82, 2.24) is 9.71 Å². The summed E-state index contributed by atoms with van der Waals surface area (Å²) >= 11 is 6.53. The van der Waals surface area contributed by atoms with Gasteiger partial charge in [0.2, 0.25) is 10.0 Å². The highest BCUT2D eigenvalue weighted by molar-refractivity contribution is 9.11. The molecule has 7 heteroatoms. The van der Waals surface area contributed by atoms with E-state index in [1.807, 2.05) is 13.0 Å². The molecule has 2 rings (SSSR count). The van der Waals surface area contributed by atoms with Crippen molar-refractivity contribution in [3.63, 3.8) is 0 Å². The quantitative estimate of drug-likeness (QED) is 0.826. The maximum atomic E-state index is 12.3. The van der Waals surface area contributed by atoms with E-state index in [-0.39, 0.29) is 11.4 Å². The molecule has 0 aliphatic rings. The Labute approximate surface area is 134 Å². The van der Waals surface area contributed by atoms with Crippen molar-refractivity contribution in [1.29, 1.82) is 0 Å². The van der Waals surface area contributed by atoms with E-state index in [1.54, 1.807) is 30.6 Å². The third-order valence-electron chi connectivity index (χ3n) is 2.78. The SMILES string of the molecule is Cc1ccncc1CNS(=O)(=O)c1cc(Br)ccc1Br. The lowest BCUT2D eigenvalue weighted by Crippen LogP contribution is -2.24. The van der Waals surface area contributed by atoms with E-state index in [1.165, 1.54) is 0 Å². The molecule has 106 valence electrons. The molecule has 0 unspecified atom stereocenters.